The Morgan fingerprint density at radius 2 is 2.10 bits per heavy atom. The molecule has 0 aliphatic heterocycles. The van der Waals surface area contributed by atoms with Gasteiger partial charge in [-0.15, -0.1) is 0 Å². The Morgan fingerprint density at radius 3 is 2.66 bits per heavy atom. The first-order valence-corrected chi connectivity index (χ1v) is 9.53. The summed E-state index contributed by atoms with van der Waals surface area (Å²) >= 11 is 6.01. The number of aliphatic hydroxyl groups is 1. The number of hydrogen-bond donors (Lipinski definition) is 3. The highest BCUT2D eigenvalue weighted by Crippen LogP contribution is 2.40. The molecule has 3 N–H and O–H groups in total. The van der Waals surface area contributed by atoms with E-state index in [1.807, 2.05) is 26.0 Å². The first-order valence-electron chi connectivity index (χ1n) is 9.15. The minimum atomic E-state index is -4.89. The molecule has 0 amide bonds. The first-order chi connectivity index (χ1) is 13.6. The maximum Gasteiger partial charge on any atom is 0.424 e. The SMILES string of the molecule is CCNC(=NCCC(O)(c1nccn1C)C(F)(F)F)NC(C)c1cccc(Cl)c1. The van der Waals surface area contributed by atoms with E-state index in [9.17, 15) is 18.3 Å². The lowest BCUT2D eigenvalue weighted by atomic mass is 9.98. The predicted octanol–water partition coefficient (Wildman–Crippen LogP) is 3.53. The fourth-order valence-corrected chi connectivity index (χ4v) is 3.06. The molecule has 0 bridgehead atoms. The lowest BCUT2D eigenvalue weighted by Gasteiger charge is -2.29. The number of benzene rings is 1. The minimum Gasteiger partial charge on any atom is -0.374 e. The molecule has 0 saturated heterocycles. The molecule has 2 aromatic rings. The number of nitrogens with zero attached hydrogens (tertiary/aromatic N) is 3. The Balaban J connectivity index is 2.15. The van der Waals surface area contributed by atoms with Gasteiger partial charge in [-0.3, -0.25) is 4.99 Å². The number of alkyl halides is 3. The molecule has 1 heterocycles. The summed E-state index contributed by atoms with van der Waals surface area (Å²) in [6.45, 7) is 4.00. The zero-order valence-electron chi connectivity index (χ0n) is 16.5. The van der Waals surface area contributed by atoms with Crippen LogP contribution in [0.4, 0.5) is 13.2 Å². The summed E-state index contributed by atoms with van der Waals surface area (Å²) in [6.07, 6.45) is -2.98. The van der Waals surface area contributed by atoms with Gasteiger partial charge in [0.15, 0.2) is 5.96 Å². The maximum atomic E-state index is 13.6. The van der Waals surface area contributed by atoms with Gasteiger partial charge in [0.25, 0.3) is 0 Å². The topological polar surface area (TPSA) is 74.5 Å². The molecule has 2 atom stereocenters. The summed E-state index contributed by atoms with van der Waals surface area (Å²) in [4.78, 5) is 7.89. The second-order valence-electron chi connectivity index (χ2n) is 6.65. The molecule has 160 valence electrons. The molecule has 6 nitrogen and oxygen atoms in total. The van der Waals surface area contributed by atoms with Crippen LogP contribution in [0.1, 0.15) is 37.7 Å². The van der Waals surface area contributed by atoms with E-state index in [-0.39, 0.29) is 12.6 Å². The van der Waals surface area contributed by atoms with Gasteiger partial charge in [0.1, 0.15) is 5.82 Å². The highest BCUT2D eigenvalue weighted by atomic mass is 35.5. The van der Waals surface area contributed by atoms with Crippen LogP contribution in [0.25, 0.3) is 0 Å². The third-order valence-electron chi connectivity index (χ3n) is 4.45. The lowest BCUT2D eigenvalue weighted by Crippen LogP contribution is -2.45. The summed E-state index contributed by atoms with van der Waals surface area (Å²) < 4.78 is 41.9. The summed E-state index contributed by atoms with van der Waals surface area (Å²) in [6, 6.07) is 7.08. The van der Waals surface area contributed by atoms with Gasteiger partial charge in [0.2, 0.25) is 5.60 Å². The molecule has 0 saturated carbocycles. The van der Waals surface area contributed by atoms with Crippen molar-refractivity contribution in [3.05, 3.63) is 53.1 Å². The van der Waals surface area contributed by atoms with Crippen LogP contribution in [0.15, 0.2) is 41.7 Å². The van der Waals surface area contributed by atoms with Crippen molar-refractivity contribution in [2.24, 2.45) is 12.0 Å². The Labute approximate surface area is 172 Å². The average molecular weight is 432 g/mol. The zero-order chi connectivity index (χ0) is 21.7. The average Bonchev–Trinajstić information content (AvgIpc) is 3.07. The molecule has 0 fully saturated rings. The molecular formula is C19H25ClF3N5O. The number of aliphatic imine (C=N–C) groups is 1. The fourth-order valence-electron chi connectivity index (χ4n) is 2.86. The molecule has 0 aliphatic rings. The van der Waals surface area contributed by atoms with E-state index in [2.05, 4.69) is 20.6 Å². The summed E-state index contributed by atoms with van der Waals surface area (Å²) in [5.74, 6) is -0.130. The van der Waals surface area contributed by atoms with E-state index in [0.29, 0.717) is 17.5 Å². The van der Waals surface area contributed by atoms with Gasteiger partial charge in [-0.05, 0) is 31.5 Å². The third-order valence-corrected chi connectivity index (χ3v) is 4.68. The third kappa shape index (κ3) is 5.63. The monoisotopic (exact) mass is 431 g/mol. The smallest absolute Gasteiger partial charge is 0.374 e. The predicted molar refractivity (Wildman–Crippen MR) is 107 cm³/mol. The normalized spacial score (nSPS) is 15.7. The van der Waals surface area contributed by atoms with Crippen molar-refractivity contribution in [2.45, 2.75) is 38.1 Å². The van der Waals surface area contributed by atoms with E-state index in [4.69, 9.17) is 11.6 Å². The molecular weight excluding hydrogens is 407 g/mol. The maximum absolute atomic E-state index is 13.6. The highest BCUT2D eigenvalue weighted by molar-refractivity contribution is 6.30. The summed E-state index contributed by atoms with van der Waals surface area (Å²) in [5, 5.41) is 17.1. The van der Waals surface area contributed by atoms with Crippen LogP contribution in [0, 0.1) is 0 Å². The van der Waals surface area contributed by atoms with Crippen LogP contribution in [0.2, 0.25) is 5.02 Å². The Hall–Kier alpha value is -2.26. The fraction of sp³-hybridized carbons (Fsp3) is 0.474. The van der Waals surface area contributed by atoms with Gasteiger partial charge in [0.05, 0.1) is 6.04 Å². The largest absolute Gasteiger partial charge is 0.424 e. The van der Waals surface area contributed by atoms with Crippen LogP contribution in [0.5, 0.6) is 0 Å². The molecule has 2 unspecified atom stereocenters. The van der Waals surface area contributed by atoms with Gasteiger partial charge >= 0.3 is 6.18 Å². The van der Waals surface area contributed by atoms with Crippen LogP contribution >= 0.6 is 11.6 Å². The molecule has 0 aliphatic carbocycles. The van der Waals surface area contributed by atoms with Crippen molar-refractivity contribution in [3.63, 3.8) is 0 Å². The van der Waals surface area contributed by atoms with Gasteiger partial charge < -0.3 is 20.3 Å². The number of aromatic nitrogens is 2. The van der Waals surface area contributed by atoms with Crippen LogP contribution in [-0.2, 0) is 12.6 Å². The summed E-state index contributed by atoms with van der Waals surface area (Å²) in [7, 11) is 1.40. The zero-order valence-corrected chi connectivity index (χ0v) is 17.2. The van der Waals surface area contributed by atoms with Crippen molar-refractivity contribution in [1.29, 1.82) is 0 Å². The molecule has 0 radical (unpaired) electrons. The van der Waals surface area contributed by atoms with Crippen LogP contribution in [-0.4, -0.2) is 39.9 Å². The van der Waals surface area contributed by atoms with Gasteiger partial charge in [-0.2, -0.15) is 13.2 Å². The Morgan fingerprint density at radius 1 is 1.38 bits per heavy atom. The lowest BCUT2D eigenvalue weighted by molar-refractivity contribution is -0.272. The molecule has 1 aromatic carbocycles. The van der Waals surface area contributed by atoms with Crippen LogP contribution in [0.3, 0.4) is 0 Å². The van der Waals surface area contributed by atoms with Gasteiger partial charge in [-0.25, -0.2) is 4.98 Å². The van der Waals surface area contributed by atoms with E-state index in [1.54, 1.807) is 12.1 Å². The number of imidazole rings is 1. The molecule has 10 heteroatoms. The molecule has 29 heavy (non-hydrogen) atoms. The number of rotatable bonds is 7. The second-order valence-corrected chi connectivity index (χ2v) is 7.09. The van der Waals surface area contributed by atoms with Crippen molar-refractivity contribution >= 4 is 17.6 Å². The second kappa shape index (κ2) is 9.49. The van der Waals surface area contributed by atoms with Crippen molar-refractivity contribution in [3.8, 4) is 0 Å². The number of guanidine groups is 1. The van der Waals surface area contributed by atoms with Crippen molar-refractivity contribution in [1.82, 2.24) is 20.2 Å². The first kappa shape index (κ1) is 23.0. The molecule has 0 spiro atoms. The number of aryl methyl sites for hydroxylation is 1. The van der Waals surface area contributed by atoms with Gasteiger partial charge in [0, 0.05) is 44.0 Å². The van der Waals surface area contributed by atoms with E-state index in [0.717, 1.165) is 10.1 Å². The quantitative estimate of drug-likeness (QED) is 0.463. The van der Waals surface area contributed by atoms with Gasteiger partial charge in [-0.1, -0.05) is 23.7 Å². The van der Waals surface area contributed by atoms with E-state index < -0.39 is 24.0 Å². The van der Waals surface area contributed by atoms with E-state index >= 15 is 0 Å². The van der Waals surface area contributed by atoms with E-state index in [1.165, 1.54) is 19.4 Å². The number of halogens is 4. The van der Waals surface area contributed by atoms with Crippen LogP contribution < -0.4 is 10.6 Å². The van der Waals surface area contributed by atoms with Crippen molar-refractivity contribution in [2.75, 3.05) is 13.1 Å². The highest BCUT2D eigenvalue weighted by Gasteiger charge is 2.57. The minimum absolute atomic E-state index is 0.178. The summed E-state index contributed by atoms with van der Waals surface area (Å²) in [5.41, 5.74) is -2.19. The van der Waals surface area contributed by atoms with Crippen molar-refractivity contribution < 1.29 is 18.3 Å². The Kier molecular flexibility index (Phi) is 7.54. The Bertz CT molecular complexity index is 839. The number of nitrogens with one attached hydrogen (secondary N) is 2. The molecule has 2 rings (SSSR count). The standard InChI is InChI=1S/C19H25ClF3N5O/c1-4-24-17(27-13(2)14-6-5-7-15(20)12-14)26-9-8-18(29,19(21,22)23)16-25-10-11-28(16)3/h5-7,10-13,29H,4,8-9H2,1-3H3,(H2,24,26,27). The molecule has 1 aromatic heterocycles. The number of hydrogen-bond acceptors (Lipinski definition) is 3.